The predicted molar refractivity (Wildman–Crippen MR) is 80.0 cm³/mol. The van der Waals surface area contributed by atoms with Crippen LogP contribution in [0.3, 0.4) is 0 Å². The molecule has 3 N–H and O–H groups in total. The van der Waals surface area contributed by atoms with Gasteiger partial charge in [-0.25, -0.2) is 8.78 Å². The monoisotopic (exact) mass is 317 g/mol. The van der Waals surface area contributed by atoms with Gasteiger partial charge in [0.15, 0.2) is 0 Å². The Kier molecular flexibility index (Phi) is 5.10. The van der Waals surface area contributed by atoms with Gasteiger partial charge in [-0.2, -0.15) is 5.26 Å². The van der Waals surface area contributed by atoms with Crippen LogP contribution in [0.4, 0.5) is 14.5 Å². The third-order valence-corrected chi connectivity index (χ3v) is 2.99. The van der Waals surface area contributed by atoms with Crippen molar-refractivity contribution in [3.63, 3.8) is 0 Å². The first-order chi connectivity index (χ1) is 11.0. The number of carbonyl (C=O) groups is 1. The topological polar surface area (TPSA) is 88.1 Å². The van der Waals surface area contributed by atoms with Crippen molar-refractivity contribution in [3.05, 3.63) is 59.2 Å². The van der Waals surface area contributed by atoms with Crippen molar-refractivity contribution >= 4 is 11.6 Å². The molecule has 5 nitrogen and oxygen atoms in total. The zero-order valence-corrected chi connectivity index (χ0v) is 12.0. The molecule has 0 aromatic heterocycles. The number of carbonyl (C=O) groups excluding carboxylic acids is 1. The predicted octanol–water partition coefficient (Wildman–Crippen LogP) is 2.43. The van der Waals surface area contributed by atoms with Crippen molar-refractivity contribution in [2.24, 2.45) is 5.73 Å². The van der Waals surface area contributed by atoms with Gasteiger partial charge in [0, 0.05) is 12.6 Å². The summed E-state index contributed by atoms with van der Waals surface area (Å²) in [6.45, 7) is 0.426. The minimum absolute atomic E-state index is 0.0383. The molecule has 2 rings (SSSR count). The van der Waals surface area contributed by atoms with Crippen LogP contribution in [0.25, 0.3) is 0 Å². The fourth-order valence-electron chi connectivity index (χ4n) is 1.85. The number of benzene rings is 2. The van der Waals surface area contributed by atoms with Crippen LogP contribution < -0.4 is 15.8 Å². The Morgan fingerprint density at radius 2 is 1.91 bits per heavy atom. The van der Waals surface area contributed by atoms with E-state index in [9.17, 15) is 13.6 Å². The van der Waals surface area contributed by atoms with Crippen LogP contribution >= 0.6 is 0 Å². The molecule has 118 valence electrons. The van der Waals surface area contributed by atoms with Crippen LogP contribution in [-0.4, -0.2) is 19.1 Å². The SMILES string of the molecule is N#Cc1ccc(OCCNc2cc(C(N)=O)c(F)cc2F)cc1. The van der Waals surface area contributed by atoms with Gasteiger partial charge in [0.05, 0.1) is 22.9 Å². The summed E-state index contributed by atoms with van der Waals surface area (Å²) >= 11 is 0. The molecule has 0 fully saturated rings. The van der Waals surface area contributed by atoms with Gasteiger partial charge in [-0.3, -0.25) is 4.79 Å². The number of nitrogens with one attached hydrogen (secondary N) is 1. The summed E-state index contributed by atoms with van der Waals surface area (Å²) < 4.78 is 32.3. The molecule has 0 aliphatic rings. The molecular weight excluding hydrogens is 304 g/mol. The average Bonchev–Trinajstić information content (AvgIpc) is 2.53. The quantitative estimate of drug-likeness (QED) is 0.801. The summed E-state index contributed by atoms with van der Waals surface area (Å²) in [6, 6.07) is 10.1. The van der Waals surface area contributed by atoms with Gasteiger partial charge in [0.25, 0.3) is 5.91 Å². The maximum absolute atomic E-state index is 13.6. The Labute approximate surface area is 131 Å². The zero-order chi connectivity index (χ0) is 16.8. The molecule has 0 saturated carbocycles. The highest BCUT2D eigenvalue weighted by Gasteiger charge is 2.13. The number of nitrogens with two attached hydrogens (primary N) is 1. The van der Waals surface area contributed by atoms with Gasteiger partial charge < -0.3 is 15.8 Å². The van der Waals surface area contributed by atoms with Crippen molar-refractivity contribution in [3.8, 4) is 11.8 Å². The van der Waals surface area contributed by atoms with Crippen LogP contribution in [0.1, 0.15) is 15.9 Å². The molecule has 7 heteroatoms. The Hall–Kier alpha value is -3.14. The number of hydrogen-bond donors (Lipinski definition) is 2. The van der Waals surface area contributed by atoms with Crippen LogP contribution in [0, 0.1) is 23.0 Å². The molecule has 0 spiro atoms. The number of anilines is 1. The van der Waals surface area contributed by atoms with E-state index in [0.29, 0.717) is 17.4 Å². The number of nitrogens with zero attached hydrogens (tertiary/aromatic N) is 1. The summed E-state index contributed by atoms with van der Waals surface area (Å²) in [5.41, 5.74) is 5.10. The Morgan fingerprint density at radius 1 is 1.22 bits per heavy atom. The highest BCUT2D eigenvalue weighted by molar-refractivity contribution is 5.94. The number of primary amides is 1. The summed E-state index contributed by atoms with van der Waals surface area (Å²) in [6.07, 6.45) is 0. The van der Waals surface area contributed by atoms with Crippen LogP contribution in [-0.2, 0) is 0 Å². The van der Waals surface area contributed by atoms with Crippen molar-refractivity contribution in [1.82, 2.24) is 0 Å². The Morgan fingerprint density at radius 3 is 2.52 bits per heavy atom. The van der Waals surface area contributed by atoms with Gasteiger partial charge in [-0.1, -0.05) is 0 Å². The standard InChI is InChI=1S/C16H13F2N3O2/c17-13-8-14(18)15(7-12(13)16(20)22)21-5-6-23-11-3-1-10(9-19)2-4-11/h1-4,7-8,21H,5-6H2,(H2,20,22). The number of halogens is 2. The van der Waals surface area contributed by atoms with Gasteiger partial charge in [0.2, 0.25) is 0 Å². The van der Waals surface area contributed by atoms with Gasteiger partial charge in [-0.15, -0.1) is 0 Å². The van der Waals surface area contributed by atoms with E-state index >= 15 is 0 Å². The molecule has 0 heterocycles. The molecule has 0 atom stereocenters. The lowest BCUT2D eigenvalue weighted by Gasteiger charge is -2.10. The molecule has 0 saturated heterocycles. The second kappa shape index (κ2) is 7.22. The summed E-state index contributed by atoms with van der Waals surface area (Å²) in [7, 11) is 0. The highest BCUT2D eigenvalue weighted by atomic mass is 19.1. The van der Waals surface area contributed by atoms with Gasteiger partial charge in [0.1, 0.15) is 24.0 Å². The maximum Gasteiger partial charge on any atom is 0.251 e. The number of rotatable bonds is 6. The lowest BCUT2D eigenvalue weighted by atomic mass is 10.1. The summed E-state index contributed by atoms with van der Waals surface area (Å²) in [5.74, 6) is -2.25. The molecule has 2 aromatic rings. The Bertz CT molecular complexity index is 755. The van der Waals surface area contributed by atoms with E-state index in [4.69, 9.17) is 15.7 Å². The van der Waals surface area contributed by atoms with Crippen molar-refractivity contribution in [2.45, 2.75) is 0 Å². The van der Waals surface area contributed by atoms with Crippen LogP contribution in [0.2, 0.25) is 0 Å². The molecule has 23 heavy (non-hydrogen) atoms. The molecule has 1 amide bonds. The van der Waals surface area contributed by atoms with Crippen LogP contribution in [0.15, 0.2) is 36.4 Å². The van der Waals surface area contributed by atoms with E-state index < -0.39 is 17.5 Å². The van der Waals surface area contributed by atoms with E-state index in [0.717, 1.165) is 6.07 Å². The minimum atomic E-state index is -1.01. The summed E-state index contributed by atoms with van der Waals surface area (Å²) in [4.78, 5) is 11.0. The highest BCUT2D eigenvalue weighted by Crippen LogP contribution is 2.19. The number of nitriles is 1. The molecule has 0 unspecified atom stereocenters. The van der Waals surface area contributed by atoms with Crippen molar-refractivity contribution in [1.29, 1.82) is 5.26 Å². The van der Waals surface area contributed by atoms with E-state index in [2.05, 4.69) is 5.32 Å². The molecular formula is C16H13F2N3O2. The molecule has 0 aliphatic carbocycles. The lowest BCUT2D eigenvalue weighted by Crippen LogP contribution is -2.16. The number of amides is 1. The normalized spacial score (nSPS) is 9.96. The molecule has 0 aliphatic heterocycles. The number of hydrogen-bond acceptors (Lipinski definition) is 4. The summed E-state index contributed by atoms with van der Waals surface area (Å²) in [5, 5.41) is 11.4. The molecule has 2 aromatic carbocycles. The van der Waals surface area contributed by atoms with Gasteiger partial charge in [-0.05, 0) is 30.3 Å². The fraction of sp³-hybridized carbons (Fsp3) is 0.125. The number of ether oxygens (including phenoxy) is 1. The second-order valence-corrected chi connectivity index (χ2v) is 4.59. The Balaban J connectivity index is 1.92. The first kappa shape index (κ1) is 16.2. The third-order valence-electron chi connectivity index (χ3n) is 2.99. The fourth-order valence-corrected chi connectivity index (χ4v) is 1.85. The first-order valence-electron chi connectivity index (χ1n) is 6.67. The average molecular weight is 317 g/mol. The zero-order valence-electron chi connectivity index (χ0n) is 12.0. The van der Waals surface area contributed by atoms with Gasteiger partial charge >= 0.3 is 0 Å². The minimum Gasteiger partial charge on any atom is -0.492 e. The lowest BCUT2D eigenvalue weighted by molar-refractivity contribution is 0.0996. The van der Waals surface area contributed by atoms with Crippen LogP contribution in [0.5, 0.6) is 5.75 Å². The molecule has 0 bridgehead atoms. The second-order valence-electron chi connectivity index (χ2n) is 4.59. The maximum atomic E-state index is 13.6. The molecule has 0 radical (unpaired) electrons. The smallest absolute Gasteiger partial charge is 0.251 e. The third kappa shape index (κ3) is 4.17. The van der Waals surface area contributed by atoms with Crippen molar-refractivity contribution in [2.75, 3.05) is 18.5 Å². The first-order valence-corrected chi connectivity index (χ1v) is 6.67. The van der Waals surface area contributed by atoms with E-state index in [1.807, 2.05) is 6.07 Å². The van der Waals surface area contributed by atoms with E-state index in [1.54, 1.807) is 24.3 Å². The van der Waals surface area contributed by atoms with E-state index in [-0.39, 0.29) is 24.4 Å². The largest absolute Gasteiger partial charge is 0.492 e. The van der Waals surface area contributed by atoms with E-state index in [1.165, 1.54) is 0 Å². The van der Waals surface area contributed by atoms with Crippen molar-refractivity contribution < 1.29 is 18.3 Å².